The zero-order chi connectivity index (χ0) is 15.2. The van der Waals surface area contributed by atoms with E-state index in [9.17, 15) is 4.79 Å². The van der Waals surface area contributed by atoms with E-state index < -0.39 is 0 Å². The van der Waals surface area contributed by atoms with E-state index in [0.717, 1.165) is 49.0 Å². The van der Waals surface area contributed by atoms with Crippen molar-refractivity contribution in [2.45, 2.75) is 51.7 Å². The highest BCUT2D eigenvalue weighted by atomic mass is 16.5. The lowest BCUT2D eigenvalue weighted by molar-refractivity contribution is 0.0722. The van der Waals surface area contributed by atoms with Crippen LogP contribution in [0.5, 0.6) is 0 Å². The number of aryl methyl sites for hydroxylation is 1. The minimum Gasteiger partial charge on any atom is -0.385 e. The van der Waals surface area contributed by atoms with Crippen molar-refractivity contribution in [1.29, 1.82) is 0 Å². The third-order valence-corrected chi connectivity index (χ3v) is 4.12. The number of carbonyl (C=O) groups is 1. The molecule has 4 nitrogen and oxygen atoms in total. The summed E-state index contributed by atoms with van der Waals surface area (Å²) in [6.07, 6.45) is 4.38. The van der Waals surface area contributed by atoms with Gasteiger partial charge in [-0.2, -0.15) is 0 Å². The van der Waals surface area contributed by atoms with Gasteiger partial charge in [-0.25, -0.2) is 0 Å². The molecule has 2 rings (SSSR count). The van der Waals surface area contributed by atoms with Crippen molar-refractivity contribution < 1.29 is 9.53 Å². The number of anilines is 1. The molecule has 0 heterocycles. The van der Waals surface area contributed by atoms with Crippen LogP contribution >= 0.6 is 0 Å². The molecule has 0 radical (unpaired) electrons. The number of methoxy groups -OCH3 is 1. The molecule has 1 aromatic rings. The number of carbonyl (C=O) groups excluding carboxylic acids is 1. The molecule has 0 bridgehead atoms. The number of amides is 1. The number of ether oxygens (including phenoxy) is 1. The first-order chi connectivity index (χ1) is 10.2. The maximum atomic E-state index is 12.4. The first-order valence-electron chi connectivity index (χ1n) is 7.84. The molecule has 0 aromatic heterocycles. The molecule has 1 aromatic carbocycles. The Labute approximate surface area is 127 Å². The molecular weight excluding hydrogens is 264 g/mol. The Hall–Kier alpha value is -1.55. The SMILES string of the molecule is CCCNc1ccc(C(=O)NC2CCCC2OC)c(C)c1. The maximum absolute atomic E-state index is 12.4. The highest BCUT2D eigenvalue weighted by molar-refractivity contribution is 5.96. The number of benzene rings is 1. The highest BCUT2D eigenvalue weighted by Crippen LogP contribution is 2.22. The van der Waals surface area contributed by atoms with Crippen molar-refractivity contribution >= 4 is 11.6 Å². The fourth-order valence-electron chi connectivity index (χ4n) is 2.92. The molecule has 21 heavy (non-hydrogen) atoms. The molecule has 4 heteroatoms. The van der Waals surface area contributed by atoms with Gasteiger partial charge in [0.1, 0.15) is 0 Å². The van der Waals surface area contributed by atoms with Crippen molar-refractivity contribution in [1.82, 2.24) is 5.32 Å². The number of hydrogen-bond acceptors (Lipinski definition) is 3. The monoisotopic (exact) mass is 290 g/mol. The molecular formula is C17H26N2O2. The van der Waals surface area contributed by atoms with Crippen molar-refractivity contribution in [3.63, 3.8) is 0 Å². The van der Waals surface area contributed by atoms with Crippen LogP contribution in [0.4, 0.5) is 5.69 Å². The van der Waals surface area contributed by atoms with Gasteiger partial charge in [-0.1, -0.05) is 6.92 Å². The Morgan fingerprint density at radius 1 is 1.38 bits per heavy atom. The van der Waals surface area contributed by atoms with E-state index in [2.05, 4.69) is 17.6 Å². The van der Waals surface area contributed by atoms with Crippen LogP contribution in [0.25, 0.3) is 0 Å². The summed E-state index contributed by atoms with van der Waals surface area (Å²) in [5.74, 6) is 0.00323. The van der Waals surface area contributed by atoms with Crippen molar-refractivity contribution in [2.75, 3.05) is 19.0 Å². The molecule has 1 fully saturated rings. The van der Waals surface area contributed by atoms with Crippen molar-refractivity contribution in [3.05, 3.63) is 29.3 Å². The fourth-order valence-corrected chi connectivity index (χ4v) is 2.92. The molecule has 2 unspecified atom stereocenters. The van der Waals surface area contributed by atoms with Crippen LogP contribution in [0.1, 0.15) is 48.5 Å². The summed E-state index contributed by atoms with van der Waals surface area (Å²) in [5, 5.41) is 6.45. The quantitative estimate of drug-likeness (QED) is 0.846. The molecule has 116 valence electrons. The lowest BCUT2D eigenvalue weighted by Gasteiger charge is -2.20. The van der Waals surface area contributed by atoms with Crippen molar-refractivity contribution in [3.8, 4) is 0 Å². The summed E-state index contributed by atoms with van der Waals surface area (Å²) >= 11 is 0. The summed E-state index contributed by atoms with van der Waals surface area (Å²) in [5.41, 5.74) is 2.82. The van der Waals surface area contributed by atoms with Crippen LogP contribution in [0, 0.1) is 6.92 Å². The average molecular weight is 290 g/mol. The summed E-state index contributed by atoms with van der Waals surface area (Å²) in [6, 6.07) is 6.05. The number of nitrogens with one attached hydrogen (secondary N) is 2. The fraction of sp³-hybridized carbons (Fsp3) is 0.588. The lowest BCUT2D eigenvalue weighted by atomic mass is 10.1. The molecule has 0 saturated heterocycles. The number of rotatable bonds is 6. The Balaban J connectivity index is 2.02. The zero-order valence-corrected chi connectivity index (χ0v) is 13.2. The molecule has 2 N–H and O–H groups in total. The average Bonchev–Trinajstić information content (AvgIpc) is 2.92. The van der Waals surface area contributed by atoms with Gasteiger partial charge < -0.3 is 15.4 Å². The second-order valence-electron chi connectivity index (χ2n) is 5.74. The zero-order valence-electron chi connectivity index (χ0n) is 13.2. The third-order valence-electron chi connectivity index (χ3n) is 4.12. The third kappa shape index (κ3) is 3.97. The lowest BCUT2D eigenvalue weighted by Crippen LogP contribution is -2.40. The van der Waals surface area contributed by atoms with Gasteiger partial charge >= 0.3 is 0 Å². The van der Waals surface area contributed by atoms with Gasteiger partial charge in [-0.15, -0.1) is 0 Å². The minimum absolute atomic E-state index is 0.00323. The summed E-state index contributed by atoms with van der Waals surface area (Å²) in [7, 11) is 1.72. The van der Waals surface area contributed by atoms with Crippen LogP contribution in [0.15, 0.2) is 18.2 Å². The predicted molar refractivity (Wildman–Crippen MR) is 85.9 cm³/mol. The standard InChI is InChI=1S/C17H26N2O2/c1-4-10-18-13-8-9-14(12(2)11-13)17(20)19-15-6-5-7-16(15)21-3/h8-9,11,15-16,18H,4-7,10H2,1-3H3,(H,19,20). The van der Waals surface area contributed by atoms with Gasteiger partial charge in [0.15, 0.2) is 0 Å². The van der Waals surface area contributed by atoms with E-state index in [4.69, 9.17) is 4.74 Å². The van der Waals surface area contributed by atoms with Crippen LogP contribution in [-0.4, -0.2) is 31.7 Å². The van der Waals surface area contributed by atoms with Crippen LogP contribution < -0.4 is 10.6 Å². The Morgan fingerprint density at radius 2 is 2.19 bits per heavy atom. The van der Waals surface area contributed by atoms with Crippen LogP contribution in [-0.2, 0) is 4.74 Å². The smallest absolute Gasteiger partial charge is 0.251 e. The molecule has 2 atom stereocenters. The van der Waals surface area contributed by atoms with Crippen LogP contribution in [0.2, 0.25) is 0 Å². The molecule has 1 aliphatic carbocycles. The van der Waals surface area contributed by atoms with E-state index in [1.807, 2.05) is 25.1 Å². The van der Waals surface area contributed by atoms with E-state index in [1.165, 1.54) is 0 Å². The maximum Gasteiger partial charge on any atom is 0.251 e. The predicted octanol–water partition coefficient (Wildman–Crippen LogP) is 3.11. The van der Waals surface area contributed by atoms with E-state index in [1.54, 1.807) is 7.11 Å². The van der Waals surface area contributed by atoms with E-state index in [0.29, 0.717) is 0 Å². The normalized spacial score (nSPS) is 21.3. The summed E-state index contributed by atoms with van der Waals surface area (Å²) in [4.78, 5) is 12.4. The largest absolute Gasteiger partial charge is 0.385 e. The Bertz CT molecular complexity index is 488. The van der Waals surface area contributed by atoms with Gasteiger partial charge in [0.2, 0.25) is 0 Å². The topological polar surface area (TPSA) is 50.4 Å². The molecule has 1 saturated carbocycles. The molecule has 1 aliphatic rings. The van der Waals surface area contributed by atoms with Gasteiger partial charge in [-0.3, -0.25) is 4.79 Å². The first kappa shape index (κ1) is 15.8. The van der Waals surface area contributed by atoms with Crippen LogP contribution in [0.3, 0.4) is 0 Å². The Morgan fingerprint density at radius 3 is 2.86 bits per heavy atom. The summed E-state index contributed by atoms with van der Waals surface area (Å²) < 4.78 is 5.43. The molecule has 0 aliphatic heterocycles. The van der Waals surface area contributed by atoms with Gasteiger partial charge in [0.05, 0.1) is 12.1 Å². The van der Waals surface area contributed by atoms with E-state index in [-0.39, 0.29) is 18.1 Å². The highest BCUT2D eigenvalue weighted by Gasteiger charge is 2.28. The minimum atomic E-state index is 0.00323. The Kier molecular flexibility index (Phi) is 5.62. The van der Waals surface area contributed by atoms with E-state index >= 15 is 0 Å². The van der Waals surface area contributed by atoms with Crippen molar-refractivity contribution in [2.24, 2.45) is 0 Å². The first-order valence-corrected chi connectivity index (χ1v) is 7.84. The molecule has 1 amide bonds. The van der Waals surface area contributed by atoms with Gasteiger partial charge in [0, 0.05) is 24.9 Å². The second-order valence-corrected chi connectivity index (χ2v) is 5.74. The van der Waals surface area contributed by atoms with Gasteiger partial charge in [0.25, 0.3) is 5.91 Å². The summed E-state index contributed by atoms with van der Waals surface area (Å²) in [6.45, 7) is 5.06. The van der Waals surface area contributed by atoms with Gasteiger partial charge in [-0.05, 0) is 56.4 Å². The molecule has 0 spiro atoms. The number of hydrogen-bond donors (Lipinski definition) is 2. The second kappa shape index (κ2) is 7.46.